The van der Waals surface area contributed by atoms with Crippen LogP contribution in [-0.2, 0) is 12.6 Å². The molecule has 3 aromatic carbocycles. The van der Waals surface area contributed by atoms with Crippen LogP contribution < -0.4 is 10.2 Å². The maximum Gasteiger partial charge on any atom is 0.416 e. The van der Waals surface area contributed by atoms with Crippen LogP contribution in [0.3, 0.4) is 0 Å². The second kappa shape index (κ2) is 11.3. The number of rotatable bonds is 6. The van der Waals surface area contributed by atoms with Gasteiger partial charge in [-0.2, -0.15) is 18.2 Å². The highest BCUT2D eigenvalue weighted by Gasteiger charge is 2.31. The first-order valence-corrected chi connectivity index (χ1v) is 13.9. The van der Waals surface area contributed by atoms with Crippen molar-refractivity contribution in [2.24, 2.45) is 0 Å². The van der Waals surface area contributed by atoms with Crippen LogP contribution in [0, 0.1) is 0 Å². The first-order chi connectivity index (χ1) is 20.3. The van der Waals surface area contributed by atoms with Gasteiger partial charge in [-0.05, 0) is 41.5 Å². The summed E-state index contributed by atoms with van der Waals surface area (Å²) in [4.78, 5) is 26.2. The molecule has 2 aromatic heterocycles. The number of piperazine rings is 1. The van der Waals surface area contributed by atoms with Crippen molar-refractivity contribution in [2.45, 2.75) is 32.4 Å². The van der Waals surface area contributed by atoms with Crippen LogP contribution in [0.25, 0.3) is 33.1 Å². The van der Waals surface area contributed by atoms with Crippen molar-refractivity contribution in [2.75, 3.05) is 36.4 Å². The van der Waals surface area contributed by atoms with Gasteiger partial charge < -0.3 is 19.6 Å². The molecule has 2 amide bonds. The fourth-order valence-corrected chi connectivity index (χ4v) is 5.19. The molecule has 0 bridgehead atoms. The zero-order chi connectivity index (χ0) is 29.3. The number of unbranched alkanes of at least 4 members (excludes halogenated alkanes) is 1. The highest BCUT2D eigenvalue weighted by atomic mass is 19.4. The second-order valence-electron chi connectivity index (χ2n) is 10.3. The molecule has 1 N–H and O–H groups in total. The summed E-state index contributed by atoms with van der Waals surface area (Å²) in [5.74, 6) is 1.37. The molecule has 1 aliphatic rings. The molecule has 0 spiro atoms. The molecule has 8 nitrogen and oxygen atoms in total. The van der Waals surface area contributed by atoms with Crippen molar-refractivity contribution in [3.63, 3.8) is 0 Å². The molecule has 42 heavy (non-hydrogen) atoms. The maximum absolute atomic E-state index is 13.1. The van der Waals surface area contributed by atoms with Gasteiger partial charge in [-0.1, -0.05) is 61.0 Å². The van der Waals surface area contributed by atoms with E-state index in [2.05, 4.69) is 39.4 Å². The quantitative estimate of drug-likeness (QED) is 0.232. The van der Waals surface area contributed by atoms with Gasteiger partial charge in [-0.25, -0.2) is 9.78 Å². The van der Waals surface area contributed by atoms with Gasteiger partial charge >= 0.3 is 12.2 Å². The lowest BCUT2D eigenvalue weighted by Gasteiger charge is -2.35. The number of aromatic nitrogens is 3. The van der Waals surface area contributed by atoms with Crippen LogP contribution in [0.5, 0.6) is 0 Å². The molecule has 1 saturated heterocycles. The van der Waals surface area contributed by atoms with E-state index in [1.54, 1.807) is 4.90 Å². The number of halogens is 3. The molecule has 0 aliphatic carbocycles. The summed E-state index contributed by atoms with van der Waals surface area (Å²) >= 11 is 0. The Hall–Kier alpha value is -4.67. The minimum atomic E-state index is -4.49. The van der Waals surface area contributed by atoms with E-state index in [1.165, 1.54) is 12.1 Å². The third kappa shape index (κ3) is 5.59. The average Bonchev–Trinajstić information content (AvgIpc) is 3.43. The van der Waals surface area contributed by atoms with Crippen LogP contribution in [0.4, 0.5) is 29.5 Å². The SMILES string of the molecule is CCCCc1nc(N2CCN(C(=O)Nc3cccc(C(F)(F)F)c3)CC2)c2c(-c3ccc4ccccc4c3)noc2n1. The summed E-state index contributed by atoms with van der Waals surface area (Å²) in [5.41, 5.74) is 1.24. The maximum atomic E-state index is 13.1. The third-order valence-electron chi connectivity index (χ3n) is 7.45. The van der Waals surface area contributed by atoms with E-state index in [0.29, 0.717) is 61.0 Å². The lowest BCUT2D eigenvalue weighted by atomic mass is 10.0. The fraction of sp³-hybridized carbons (Fsp3) is 0.290. The van der Waals surface area contributed by atoms with Crippen molar-refractivity contribution in [3.05, 3.63) is 78.1 Å². The lowest BCUT2D eigenvalue weighted by Crippen LogP contribution is -2.50. The van der Waals surface area contributed by atoms with Crippen LogP contribution in [0.2, 0.25) is 0 Å². The number of carbonyl (C=O) groups is 1. The van der Waals surface area contributed by atoms with Gasteiger partial charge in [-0.15, -0.1) is 0 Å². The number of hydrogen-bond donors (Lipinski definition) is 1. The van der Waals surface area contributed by atoms with Crippen LogP contribution in [0.1, 0.15) is 31.2 Å². The molecular formula is C31H29F3N6O2. The van der Waals surface area contributed by atoms with Crippen molar-refractivity contribution < 1.29 is 22.5 Å². The largest absolute Gasteiger partial charge is 0.416 e. The van der Waals surface area contributed by atoms with Crippen molar-refractivity contribution in [1.29, 1.82) is 0 Å². The number of urea groups is 1. The number of carbonyl (C=O) groups excluding carboxylic acids is 1. The standard InChI is InChI=1S/C31H29F3N6O2/c1-2-3-11-25-36-28(26-27(38-42-29(26)37-25)22-13-12-20-7-4-5-8-21(20)18-22)39-14-16-40(17-15-39)30(41)35-24-10-6-9-23(19-24)31(32,33)34/h4-10,12-13,18-19H,2-3,11,14-17H2,1H3,(H,35,41). The molecule has 0 unspecified atom stereocenters. The summed E-state index contributed by atoms with van der Waals surface area (Å²) in [7, 11) is 0. The predicted octanol–water partition coefficient (Wildman–Crippen LogP) is 7.15. The van der Waals surface area contributed by atoms with Crippen molar-refractivity contribution in [1.82, 2.24) is 20.0 Å². The van der Waals surface area contributed by atoms with E-state index in [1.807, 2.05) is 30.3 Å². The Morgan fingerprint density at radius 3 is 2.50 bits per heavy atom. The van der Waals surface area contributed by atoms with Crippen molar-refractivity contribution in [3.8, 4) is 11.3 Å². The summed E-state index contributed by atoms with van der Waals surface area (Å²) < 4.78 is 45.1. The number of amides is 2. The first-order valence-electron chi connectivity index (χ1n) is 13.9. The summed E-state index contributed by atoms with van der Waals surface area (Å²) in [6, 6.07) is 18.4. The van der Waals surface area contributed by atoms with Gasteiger partial charge in [0.25, 0.3) is 5.71 Å². The number of alkyl halides is 3. The summed E-state index contributed by atoms with van der Waals surface area (Å²) in [6.07, 6.45) is -1.86. The Labute approximate surface area is 240 Å². The number of nitrogens with zero attached hydrogens (tertiary/aromatic N) is 5. The average molecular weight is 575 g/mol. The zero-order valence-electron chi connectivity index (χ0n) is 23.0. The molecular weight excluding hydrogens is 545 g/mol. The van der Waals surface area contributed by atoms with Gasteiger partial charge in [0.2, 0.25) is 0 Å². The molecule has 5 aromatic rings. The summed E-state index contributed by atoms with van der Waals surface area (Å²) in [6.45, 7) is 3.76. The first kappa shape index (κ1) is 27.5. The van der Waals surface area contributed by atoms with Gasteiger partial charge in [0.05, 0.1) is 5.56 Å². The minimum absolute atomic E-state index is 0.0971. The molecule has 0 atom stereocenters. The Bertz CT molecular complexity index is 1740. The highest BCUT2D eigenvalue weighted by molar-refractivity contribution is 6.00. The van der Waals surface area contributed by atoms with E-state index < -0.39 is 17.8 Å². The van der Waals surface area contributed by atoms with Gasteiger partial charge in [-0.3, -0.25) is 0 Å². The smallest absolute Gasteiger partial charge is 0.352 e. The van der Waals surface area contributed by atoms with Crippen molar-refractivity contribution >= 4 is 39.4 Å². The van der Waals surface area contributed by atoms with Crippen LogP contribution >= 0.6 is 0 Å². The normalized spacial score (nSPS) is 14.1. The van der Waals surface area contributed by atoms with E-state index in [9.17, 15) is 18.0 Å². The fourth-order valence-electron chi connectivity index (χ4n) is 5.19. The van der Waals surface area contributed by atoms with Gasteiger partial charge in [0.1, 0.15) is 22.7 Å². The van der Waals surface area contributed by atoms with E-state index in [0.717, 1.165) is 41.3 Å². The molecule has 1 aliphatic heterocycles. The number of nitrogens with one attached hydrogen (secondary N) is 1. The zero-order valence-corrected chi connectivity index (χ0v) is 23.0. The number of benzene rings is 3. The number of anilines is 2. The molecule has 216 valence electrons. The lowest BCUT2D eigenvalue weighted by molar-refractivity contribution is -0.137. The molecule has 0 radical (unpaired) electrons. The Morgan fingerprint density at radius 1 is 0.952 bits per heavy atom. The van der Waals surface area contributed by atoms with Gasteiger partial charge in [0.15, 0.2) is 0 Å². The predicted molar refractivity (Wildman–Crippen MR) is 155 cm³/mol. The van der Waals surface area contributed by atoms with E-state index in [4.69, 9.17) is 9.51 Å². The molecule has 6 rings (SSSR count). The number of aryl methyl sites for hydroxylation is 1. The number of fused-ring (bicyclic) bond motifs is 2. The van der Waals surface area contributed by atoms with Gasteiger partial charge in [0, 0.05) is 43.9 Å². The number of hydrogen-bond acceptors (Lipinski definition) is 6. The second-order valence-corrected chi connectivity index (χ2v) is 10.3. The summed E-state index contributed by atoms with van der Waals surface area (Å²) in [5, 5.41) is 9.91. The Kier molecular flexibility index (Phi) is 7.40. The molecule has 1 fully saturated rings. The van der Waals surface area contributed by atoms with E-state index in [-0.39, 0.29) is 5.69 Å². The minimum Gasteiger partial charge on any atom is -0.352 e. The Morgan fingerprint density at radius 2 is 1.74 bits per heavy atom. The molecule has 3 heterocycles. The van der Waals surface area contributed by atoms with E-state index >= 15 is 0 Å². The third-order valence-corrected chi connectivity index (χ3v) is 7.45. The van der Waals surface area contributed by atoms with Crippen LogP contribution in [0.15, 0.2) is 71.3 Å². The molecule has 11 heteroatoms. The Balaban J connectivity index is 1.26. The topological polar surface area (TPSA) is 87.4 Å². The monoisotopic (exact) mass is 574 g/mol. The highest BCUT2D eigenvalue weighted by Crippen LogP contribution is 2.36. The van der Waals surface area contributed by atoms with Crippen LogP contribution in [-0.4, -0.2) is 52.2 Å². The molecule has 0 saturated carbocycles.